The molecule has 0 aliphatic carbocycles. The first-order valence-electron chi connectivity index (χ1n) is 4.02. The minimum atomic E-state index is -4.64. The SMILES string of the molecule is NC(CCCC(=O)O)C(=O)O.O=P(O)(O)O. The molecule has 0 aromatic rings. The van der Waals surface area contributed by atoms with Crippen LogP contribution >= 0.6 is 7.82 Å². The third-order valence-electron chi connectivity index (χ3n) is 1.22. The average molecular weight is 259 g/mol. The van der Waals surface area contributed by atoms with Crippen molar-refractivity contribution < 1.29 is 39.0 Å². The molecule has 0 rings (SSSR count). The van der Waals surface area contributed by atoms with Gasteiger partial charge in [-0.3, -0.25) is 9.59 Å². The summed E-state index contributed by atoms with van der Waals surface area (Å²) < 4.78 is 8.88. The van der Waals surface area contributed by atoms with Crippen molar-refractivity contribution in [2.75, 3.05) is 0 Å². The molecule has 0 aliphatic heterocycles. The van der Waals surface area contributed by atoms with Crippen molar-refractivity contribution in [1.82, 2.24) is 0 Å². The molecule has 0 fully saturated rings. The van der Waals surface area contributed by atoms with Crippen LogP contribution in [0.5, 0.6) is 0 Å². The van der Waals surface area contributed by atoms with Gasteiger partial charge in [0.15, 0.2) is 0 Å². The minimum Gasteiger partial charge on any atom is -0.481 e. The molecule has 7 N–H and O–H groups in total. The number of carboxylic acid groups (broad SMARTS) is 2. The molecule has 0 aromatic carbocycles. The van der Waals surface area contributed by atoms with Crippen molar-refractivity contribution in [3.63, 3.8) is 0 Å². The van der Waals surface area contributed by atoms with Crippen LogP contribution in [-0.2, 0) is 14.2 Å². The molecule has 0 bridgehead atoms. The largest absolute Gasteiger partial charge is 0.481 e. The first-order chi connectivity index (χ1) is 7.04. The molecule has 10 heteroatoms. The number of carbonyl (C=O) groups is 2. The van der Waals surface area contributed by atoms with Crippen LogP contribution in [0.25, 0.3) is 0 Å². The zero-order chi connectivity index (χ0) is 13.4. The van der Waals surface area contributed by atoms with E-state index in [4.69, 9.17) is 35.2 Å². The topological polar surface area (TPSA) is 178 Å². The lowest BCUT2D eigenvalue weighted by Crippen LogP contribution is -2.29. The van der Waals surface area contributed by atoms with Gasteiger partial charge in [0.2, 0.25) is 0 Å². The van der Waals surface area contributed by atoms with E-state index in [0.717, 1.165) is 0 Å². The molecule has 0 saturated carbocycles. The molecule has 0 amide bonds. The normalized spacial score (nSPS) is 12.2. The molecule has 1 unspecified atom stereocenters. The highest BCUT2D eigenvalue weighted by atomic mass is 31.2. The smallest absolute Gasteiger partial charge is 0.466 e. The third-order valence-corrected chi connectivity index (χ3v) is 1.22. The number of hydrogen-bond donors (Lipinski definition) is 6. The first kappa shape index (κ1) is 17.4. The van der Waals surface area contributed by atoms with Gasteiger partial charge in [0, 0.05) is 6.42 Å². The van der Waals surface area contributed by atoms with Crippen LogP contribution in [-0.4, -0.2) is 42.9 Å². The predicted molar refractivity (Wildman–Crippen MR) is 51.4 cm³/mol. The summed E-state index contributed by atoms with van der Waals surface area (Å²) >= 11 is 0. The second kappa shape index (κ2) is 8.20. The number of phosphoric acid groups is 1. The monoisotopic (exact) mass is 259 g/mol. The summed E-state index contributed by atoms with van der Waals surface area (Å²) in [6, 6.07) is -0.936. The third kappa shape index (κ3) is 23.1. The number of carboxylic acids is 2. The molecule has 0 radical (unpaired) electrons. The summed E-state index contributed by atoms with van der Waals surface area (Å²) in [6.07, 6.45) is 0.491. The Morgan fingerprint density at radius 2 is 1.56 bits per heavy atom. The molecule has 96 valence electrons. The molecule has 1 atom stereocenters. The lowest BCUT2D eigenvalue weighted by Gasteiger charge is -2.02. The van der Waals surface area contributed by atoms with Gasteiger partial charge in [0.1, 0.15) is 6.04 Å². The highest BCUT2D eigenvalue weighted by molar-refractivity contribution is 7.45. The molecule has 0 spiro atoms. The molecular formula is C6H14NO8P. The zero-order valence-corrected chi connectivity index (χ0v) is 9.08. The van der Waals surface area contributed by atoms with Gasteiger partial charge in [0.05, 0.1) is 0 Å². The standard InChI is InChI=1S/C6H11NO4.H3O4P/c7-4(6(10)11)2-1-3-5(8)9;1-5(2,3)4/h4H,1-3,7H2,(H,8,9)(H,10,11);(H3,1,2,3,4). The predicted octanol–water partition coefficient (Wildman–Crippen LogP) is -1.28. The maximum absolute atomic E-state index is 10.1. The van der Waals surface area contributed by atoms with Crippen LogP contribution in [0.4, 0.5) is 0 Å². The van der Waals surface area contributed by atoms with Crippen LogP contribution < -0.4 is 5.73 Å². The van der Waals surface area contributed by atoms with Gasteiger partial charge in [0.25, 0.3) is 0 Å². The fourth-order valence-corrected chi connectivity index (χ4v) is 0.597. The van der Waals surface area contributed by atoms with E-state index >= 15 is 0 Å². The van der Waals surface area contributed by atoms with Gasteiger partial charge in [-0.05, 0) is 12.8 Å². The Balaban J connectivity index is 0. The lowest BCUT2D eigenvalue weighted by molar-refractivity contribution is -0.140. The molecular weight excluding hydrogens is 245 g/mol. The molecule has 0 saturated heterocycles. The van der Waals surface area contributed by atoms with Gasteiger partial charge in [-0.25, -0.2) is 4.57 Å². The summed E-state index contributed by atoms with van der Waals surface area (Å²) in [5.74, 6) is -2.02. The molecule has 0 heterocycles. The van der Waals surface area contributed by atoms with Crippen molar-refractivity contribution in [2.24, 2.45) is 5.73 Å². The highest BCUT2D eigenvalue weighted by Crippen LogP contribution is 2.25. The van der Waals surface area contributed by atoms with Crippen molar-refractivity contribution in [3.8, 4) is 0 Å². The summed E-state index contributed by atoms with van der Waals surface area (Å²) in [5.41, 5.74) is 5.11. The van der Waals surface area contributed by atoms with E-state index in [1.807, 2.05) is 0 Å². The van der Waals surface area contributed by atoms with Crippen LogP contribution in [0, 0.1) is 0 Å². The fraction of sp³-hybridized carbons (Fsp3) is 0.667. The first-order valence-corrected chi connectivity index (χ1v) is 5.59. The van der Waals surface area contributed by atoms with Gasteiger partial charge < -0.3 is 30.6 Å². The van der Waals surface area contributed by atoms with Crippen molar-refractivity contribution in [2.45, 2.75) is 25.3 Å². The van der Waals surface area contributed by atoms with Crippen LogP contribution in [0.15, 0.2) is 0 Å². The number of hydrogen-bond acceptors (Lipinski definition) is 4. The second-order valence-electron chi connectivity index (χ2n) is 2.74. The Hall–Kier alpha value is -0.990. The Morgan fingerprint density at radius 3 is 1.81 bits per heavy atom. The van der Waals surface area contributed by atoms with Gasteiger partial charge in [-0.1, -0.05) is 0 Å². The highest BCUT2D eigenvalue weighted by Gasteiger charge is 2.10. The Labute approximate surface area is 90.8 Å². The number of rotatable bonds is 5. The Kier molecular flexibility index (Phi) is 8.92. The molecule has 9 nitrogen and oxygen atoms in total. The van der Waals surface area contributed by atoms with Crippen molar-refractivity contribution in [1.29, 1.82) is 0 Å². The van der Waals surface area contributed by atoms with Crippen LogP contribution in [0.1, 0.15) is 19.3 Å². The van der Waals surface area contributed by atoms with Crippen LogP contribution in [0.3, 0.4) is 0 Å². The summed E-state index contributed by atoms with van der Waals surface area (Å²) in [5, 5.41) is 16.5. The number of nitrogens with two attached hydrogens (primary N) is 1. The average Bonchev–Trinajstić information content (AvgIpc) is 1.99. The van der Waals surface area contributed by atoms with E-state index < -0.39 is 25.8 Å². The lowest BCUT2D eigenvalue weighted by atomic mass is 10.1. The maximum Gasteiger partial charge on any atom is 0.466 e. The van der Waals surface area contributed by atoms with Crippen LogP contribution in [0.2, 0.25) is 0 Å². The second-order valence-corrected chi connectivity index (χ2v) is 3.77. The van der Waals surface area contributed by atoms with E-state index in [-0.39, 0.29) is 12.8 Å². The molecule has 0 aliphatic rings. The van der Waals surface area contributed by atoms with E-state index in [9.17, 15) is 9.59 Å². The van der Waals surface area contributed by atoms with Crippen molar-refractivity contribution in [3.05, 3.63) is 0 Å². The maximum atomic E-state index is 10.1. The summed E-state index contributed by atoms with van der Waals surface area (Å²) in [4.78, 5) is 41.6. The number of aliphatic carboxylic acids is 2. The Bertz CT molecular complexity index is 265. The van der Waals surface area contributed by atoms with Gasteiger partial charge in [-0.2, -0.15) is 0 Å². The quantitative estimate of drug-likeness (QED) is 0.328. The van der Waals surface area contributed by atoms with E-state index in [1.54, 1.807) is 0 Å². The zero-order valence-electron chi connectivity index (χ0n) is 8.18. The summed E-state index contributed by atoms with van der Waals surface area (Å²) in [7, 11) is -4.64. The van der Waals surface area contributed by atoms with Crippen molar-refractivity contribution >= 4 is 19.8 Å². The van der Waals surface area contributed by atoms with E-state index in [2.05, 4.69) is 0 Å². The van der Waals surface area contributed by atoms with E-state index in [1.165, 1.54) is 0 Å². The summed E-state index contributed by atoms with van der Waals surface area (Å²) in [6.45, 7) is 0. The van der Waals surface area contributed by atoms with Gasteiger partial charge in [-0.15, -0.1) is 0 Å². The minimum absolute atomic E-state index is 0.0268. The van der Waals surface area contributed by atoms with E-state index in [0.29, 0.717) is 6.42 Å². The molecule has 16 heavy (non-hydrogen) atoms. The molecule has 0 aromatic heterocycles. The Morgan fingerprint density at radius 1 is 1.19 bits per heavy atom. The van der Waals surface area contributed by atoms with Gasteiger partial charge >= 0.3 is 19.8 Å². The fourth-order valence-electron chi connectivity index (χ4n) is 0.597.